The van der Waals surface area contributed by atoms with Gasteiger partial charge in [-0.05, 0) is 38.1 Å². The molecule has 16 heavy (non-hydrogen) atoms. The summed E-state index contributed by atoms with van der Waals surface area (Å²) in [4.78, 5) is 2.28. The molecule has 1 aromatic carbocycles. The second-order valence-corrected chi connectivity index (χ2v) is 4.17. The van der Waals surface area contributed by atoms with Crippen LogP contribution in [-0.4, -0.2) is 38.2 Å². The van der Waals surface area contributed by atoms with Crippen molar-refractivity contribution in [3.8, 4) is 5.75 Å². The van der Waals surface area contributed by atoms with Gasteiger partial charge in [-0.15, -0.1) is 0 Å². The number of hydrogen-bond donors (Lipinski definition) is 1. The van der Waals surface area contributed by atoms with E-state index in [1.54, 1.807) is 7.11 Å². The van der Waals surface area contributed by atoms with Crippen LogP contribution in [0.5, 0.6) is 5.75 Å². The minimum absolute atomic E-state index is 0.511. The molecule has 1 unspecified atom stereocenters. The second-order valence-electron chi connectivity index (χ2n) is 4.17. The number of hydrogen-bond acceptors (Lipinski definition) is 3. The molecule has 0 heterocycles. The Morgan fingerprint density at radius 2 is 1.94 bits per heavy atom. The van der Waals surface area contributed by atoms with Gasteiger partial charge in [0, 0.05) is 19.1 Å². The van der Waals surface area contributed by atoms with Gasteiger partial charge < -0.3 is 15.4 Å². The Bertz CT molecular complexity index is 297. The van der Waals surface area contributed by atoms with Crippen LogP contribution in [0.15, 0.2) is 24.3 Å². The molecule has 1 rings (SSSR count). The van der Waals surface area contributed by atoms with E-state index < -0.39 is 0 Å². The van der Waals surface area contributed by atoms with E-state index in [0.717, 1.165) is 18.7 Å². The molecule has 2 N–H and O–H groups in total. The van der Waals surface area contributed by atoms with Crippen molar-refractivity contribution >= 4 is 0 Å². The summed E-state index contributed by atoms with van der Waals surface area (Å²) in [5, 5.41) is 0. The fourth-order valence-corrected chi connectivity index (χ4v) is 1.68. The lowest BCUT2D eigenvalue weighted by molar-refractivity contribution is 0.263. The zero-order valence-corrected chi connectivity index (χ0v) is 10.4. The first kappa shape index (κ1) is 13.0. The van der Waals surface area contributed by atoms with Crippen molar-refractivity contribution in [2.75, 3.05) is 27.2 Å². The highest BCUT2D eigenvalue weighted by Gasteiger charge is 2.08. The van der Waals surface area contributed by atoms with Gasteiger partial charge in [-0.2, -0.15) is 0 Å². The first-order chi connectivity index (χ1) is 7.67. The normalized spacial score (nSPS) is 12.8. The van der Waals surface area contributed by atoms with Gasteiger partial charge in [0.05, 0.1) is 7.11 Å². The smallest absolute Gasteiger partial charge is 0.118 e. The number of benzene rings is 1. The van der Waals surface area contributed by atoms with Crippen LogP contribution in [0.25, 0.3) is 0 Å². The van der Waals surface area contributed by atoms with Crippen LogP contribution < -0.4 is 10.5 Å². The highest BCUT2D eigenvalue weighted by Crippen LogP contribution is 2.13. The van der Waals surface area contributed by atoms with Crippen LogP contribution in [0.1, 0.15) is 12.5 Å². The van der Waals surface area contributed by atoms with E-state index in [0.29, 0.717) is 12.6 Å². The van der Waals surface area contributed by atoms with Crippen LogP contribution in [-0.2, 0) is 6.42 Å². The fourth-order valence-electron chi connectivity index (χ4n) is 1.68. The fraction of sp³-hybridized carbons (Fsp3) is 0.538. The molecule has 1 aromatic rings. The minimum atomic E-state index is 0.511. The molecule has 0 aromatic heterocycles. The molecule has 0 aliphatic carbocycles. The van der Waals surface area contributed by atoms with Gasteiger partial charge in [-0.1, -0.05) is 12.1 Å². The highest BCUT2D eigenvalue weighted by molar-refractivity contribution is 5.27. The third-order valence-corrected chi connectivity index (χ3v) is 2.92. The minimum Gasteiger partial charge on any atom is -0.497 e. The molecule has 90 valence electrons. The summed E-state index contributed by atoms with van der Waals surface area (Å²) in [6.07, 6.45) is 1.04. The number of ether oxygens (including phenoxy) is 1. The summed E-state index contributed by atoms with van der Waals surface area (Å²) in [5.74, 6) is 0.909. The number of nitrogens with two attached hydrogens (primary N) is 1. The van der Waals surface area contributed by atoms with Crippen LogP contribution >= 0.6 is 0 Å². The van der Waals surface area contributed by atoms with E-state index >= 15 is 0 Å². The molecule has 0 saturated carbocycles. The van der Waals surface area contributed by atoms with E-state index in [1.807, 2.05) is 12.1 Å². The van der Waals surface area contributed by atoms with Gasteiger partial charge in [0.2, 0.25) is 0 Å². The maximum atomic E-state index is 5.54. The van der Waals surface area contributed by atoms with E-state index in [2.05, 4.69) is 31.0 Å². The van der Waals surface area contributed by atoms with Crippen molar-refractivity contribution in [1.29, 1.82) is 0 Å². The average molecular weight is 222 g/mol. The van der Waals surface area contributed by atoms with Crippen LogP contribution in [0.4, 0.5) is 0 Å². The molecule has 0 amide bonds. The molecule has 3 heteroatoms. The third-order valence-electron chi connectivity index (χ3n) is 2.92. The van der Waals surface area contributed by atoms with Gasteiger partial charge in [0.15, 0.2) is 0 Å². The van der Waals surface area contributed by atoms with Crippen LogP contribution in [0, 0.1) is 0 Å². The molecule has 1 atom stereocenters. The van der Waals surface area contributed by atoms with Crippen LogP contribution in [0.3, 0.4) is 0 Å². The molecular formula is C13H22N2O. The van der Waals surface area contributed by atoms with Crippen molar-refractivity contribution in [1.82, 2.24) is 4.90 Å². The molecule has 0 spiro atoms. The lowest BCUT2D eigenvalue weighted by atomic mass is 10.1. The van der Waals surface area contributed by atoms with E-state index in [4.69, 9.17) is 10.5 Å². The zero-order valence-electron chi connectivity index (χ0n) is 10.4. The monoisotopic (exact) mass is 222 g/mol. The summed E-state index contributed by atoms with van der Waals surface area (Å²) >= 11 is 0. The summed E-state index contributed by atoms with van der Waals surface area (Å²) < 4.78 is 5.13. The van der Waals surface area contributed by atoms with Gasteiger partial charge in [0.25, 0.3) is 0 Å². The lowest BCUT2D eigenvalue weighted by Crippen LogP contribution is -2.34. The second kappa shape index (κ2) is 6.51. The molecule has 3 nitrogen and oxygen atoms in total. The standard InChI is InChI=1S/C13H22N2O/c1-11(15(2)9-8-14)10-12-4-6-13(16-3)7-5-12/h4-7,11H,8-10,14H2,1-3H3. The molecule has 0 bridgehead atoms. The van der Waals surface area contributed by atoms with Gasteiger partial charge in [0.1, 0.15) is 5.75 Å². The lowest BCUT2D eigenvalue weighted by Gasteiger charge is -2.24. The third kappa shape index (κ3) is 3.83. The summed E-state index contributed by atoms with van der Waals surface area (Å²) in [6, 6.07) is 8.75. The Hall–Kier alpha value is -1.06. The SMILES string of the molecule is COc1ccc(CC(C)N(C)CCN)cc1. The van der Waals surface area contributed by atoms with Crippen molar-refractivity contribution in [3.63, 3.8) is 0 Å². The van der Waals surface area contributed by atoms with Gasteiger partial charge in [-0.3, -0.25) is 0 Å². The zero-order chi connectivity index (χ0) is 12.0. The topological polar surface area (TPSA) is 38.5 Å². The summed E-state index contributed by atoms with van der Waals surface area (Å²) in [5.41, 5.74) is 6.87. The maximum absolute atomic E-state index is 5.54. The first-order valence-electron chi connectivity index (χ1n) is 5.70. The largest absolute Gasteiger partial charge is 0.497 e. The first-order valence-corrected chi connectivity index (χ1v) is 5.70. The maximum Gasteiger partial charge on any atom is 0.118 e. The Kier molecular flexibility index (Phi) is 5.29. The van der Waals surface area contributed by atoms with Gasteiger partial charge >= 0.3 is 0 Å². The van der Waals surface area contributed by atoms with Crippen LogP contribution in [0.2, 0.25) is 0 Å². The predicted molar refractivity (Wildman–Crippen MR) is 67.8 cm³/mol. The Morgan fingerprint density at radius 1 is 1.31 bits per heavy atom. The summed E-state index contributed by atoms with van der Waals surface area (Å²) in [7, 11) is 3.80. The van der Waals surface area contributed by atoms with Crippen molar-refractivity contribution in [3.05, 3.63) is 29.8 Å². The van der Waals surface area contributed by atoms with Crippen molar-refractivity contribution in [2.24, 2.45) is 5.73 Å². The molecule has 0 fully saturated rings. The molecular weight excluding hydrogens is 200 g/mol. The van der Waals surface area contributed by atoms with E-state index in [1.165, 1.54) is 5.56 Å². The average Bonchev–Trinajstić information content (AvgIpc) is 2.30. The van der Waals surface area contributed by atoms with Crippen molar-refractivity contribution in [2.45, 2.75) is 19.4 Å². The Morgan fingerprint density at radius 3 is 2.44 bits per heavy atom. The van der Waals surface area contributed by atoms with E-state index in [9.17, 15) is 0 Å². The van der Waals surface area contributed by atoms with Gasteiger partial charge in [-0.25, -0.2) is 0 Å². The highest BCUT2D eigenvalue weighted by atomic mass is 16.5. The number of rotatable bonds is 6. The van der Waals surface area contributed by atoms with E-state index in [-0.39, 0.29) is 0 Å². The Balaban J connectivity index is 2.52. The number of methoxy groups -OCH3 is 1. The molecule has 0 aliphatic rings. The summed E-state index contributed by atoms with van der Waals surface area (Å²) in [6.45, 7) is 3.88. The van der Waals surface area contributed by atoms with Crippen molar-refractivity contribution < 1.29 is 4.74 Å². The molecule has 0 saturated heterocycles. The number of likely N-dealkylation sites (N-methyl/N-ethyl adjacent to an activating group) is 1. The quantitative estimate of drug-likeness (QED) is 0.793. The Labute approximate surface area is 98.2 Å². The predicted octanol–water partition coefficient (Wildman–Crippen LogP) is 1.52. The molecule has 0 aliphatic heterocycles. The number of nitrogens with zero attached hydrogens (tertiary/aromatic N) is 1. The molecule has 0 radical (unpaired) electrons.